The summed E-state index contributed by atoms with van der Waals surface area (Å²) in [6.45, 7) is 0.829. The highest BCUT2D eigenvalue weighted by atomic mass is 79.9. The summed E-state index contributed by atoms with van der Waals surface area (Å²) in [5.74, 6) is 1.79. The lowest BCUT2D eigenvalue weighted by Crippen LogP contribution is -1.97. The molecule has 1 nitrogen and oxygen atoms in total. The van der Waals surface area contributed by atoms with Crippen molar-refractivity contribution in [2.24, 2.45) is 0 Å². The number of benzene rings is 1. The van der Waals surface area contributed by atoms with Gasteiger partial charge in [-0.05, 0) is 30.5 Å². The summed E-state index contributed by atoms with van der Waals surface area (Å²) in [5.41, 5.74) is 1.28. The van der Waals surface area contributed by atoms with Crippen LogP contribution in [0.3, 0.4) is 0 Å². The maximum atomic E-state index is 5.72. The number of hydrogen-bond acceptors (Lipinski definition) is 1. The number of alkyl halides is 2. The second-order valence-electron chi connectivity index (χ2n) is 4.79. The summed E-state index contributed by atoms with van der Waals surface area (Å²) < 4.78 is 5.72. The zero-order chi connectivity index (χ0) is 13.8. The lowest BCUT2D eigenvalue weighted by Gasteiger charge is -2.06. The third-order valence-electron chi connectivity index (χ3n) is 3.12. The molecule has 0 radical (unpaired) electrons. The molecule has 0 heterocycles. The minimum atomic E-state index is 0.807. The van der Waals surface area contributed by atoms with Gasteiger partial charge in [0.25, 0.3) is 0 Å². The molecule has 0 unspecified atom stereocenters. The predicted molar refractivity (Wildman–Crippen MR) is 87.6 cm³/mol. The van der Waals surface area contributed by atoms with E-state index < -0.39 is 0 Å². The Morgan fingerprint density at radius 1 is 0.842 bits per heavy atom. The van der Waals surface area contributed by atoms with Gasteiger partial charge in [-0.3, -0.25) is 0 Å². The Kier molecular flexibility index (Phi) is 10.3. The Balaban J connectivity index is 1.95. The monoisotopic (exact) mass is 346 g/mol. The first-order valence-electron chi connectivity index (χ1n) is 7.20. The van der Waals surface area contributed by atoms with E-state index in [-0.39, 0.29) is 0 Å². The Hall–Kier alpha value is -0.210. The van der Waals surface area contributed by atoms with Crippen LogP contribution >= 0.6 is 27.5 Å². The lowest BCUT2D eigenvalue weighted by atomic mass is 10.1. The van der Waals surface area contributed by atoms with Crippen LogP contribution in [0.4, 0.5) is 0 Å². The van der Waals surface area contributed by atoms with Gasteiger partial charge in [-0.15, -0.1) is 11.6 Å². The fraction of sp³-hybridized carbons (Fsp3) is 0.625. The Morgan fingerprint density at radius 3 is 2.00 bits per heavy atom. The Morgan fingerprint density at radius 2 is 1.42 bits per heavy atom. The molecular weight excluding hydrogens is 324 g/mol. The van der Waals surface area contributed by atoms with Crippen LogP contribution in [0.15, 0.2) is 24.3 Å². The van der Waals surface area contributed by atoms with E-state index in [1.54, 1.807) is 0 Å². The maximum Gasteiger partial charge on any atom is 0.119 e. The van der Waals surface area contributed by atoms with Gasteiger partial charge < -0.3 is 4.74 Å². The zero-order valence-electron chi connectivity index (χ0n) is 11.5. The third kappa shape index (κ3) is 8.54. The van der Waals surface area contributed by atoms with Gasteiger partial charge in [0, 0.05) is 11.2 Å². The van der Waals surface area contributed by atoms with E-state index in [1.165, 1.54) is 37.7 Å². The van der Waals surface area contributed by atoms with Gasteiger partial charge in [0.05, 0.1) is 6.61 Å². The molecule has 0 N–H and O–H groups in total. The van der Waals surface area contributed by atoms with Crippen molar-refractivity contribution in [3.05, 3.63) is 29.8 Å². The molecule has 0 bridgehead atoms. The van der Waals surface area contributed by atoms with Crippen molar-refractivity contribution in [1.29, 1.82) is 0 Å². The van der Waals surface area contributed by atoms with Gasteiger partial charge >= 0.3 is 0 Å². The van der Waals surface area contributed by atoms with E-state index in [1.807, 2.05) is 12.1 Å². The highest BCUT2D eigenvalue weighted by molar-refractivity contribution is 9.08. The molecule has 1 aromatic carbocycles. The molecule has 3 heteroatoms. The summed E-state index contributed by atoms with van der Waals surface area (Å²) in [4.78, 5) is 0. The van der Waals surface area contributed by atoms with Gasteiger partial charge in [0.2, 0.25) is 0 Å². The van der Waals surface area contributed by atoms with Crippen molar-refractivity contribution in [2.75, 3.05) is 12.5 Å². The average Bonchev–Trinajstić information content (AvgIpc) is 2.46. The van der Waals surface area contributed by atoms with Crippen molar-refractivity contribution in [3.8, 4) is 5.75 Å². The van der Waals surface area contributed by atoms with Crippen LogP contribution in [0.2, 0.25) is 0 Å². The Bertz CT molecular complexity index is 313. The predicted octanol–water partition coefficient (Wildman–Crippen LogP) is 5.93. The van der Waals surface area contributed by atoms with E-state index in [4.69, 9.17) is 16.3 Å². The van der Waals surface area contributed by atoms with E-state index in [2.05, 4.69) is 28.1 Å². The molecule has 1 aromatic rings. The van der Waals surface area contributed by atoms with Crippen molar-refractivity contribution >= 4 is 27.5 Å². The van der Waals surface area contributed by atoms with Crippen LogP contribution in [-0.4, -0.2) is 12.5 Å². The van der Waals surface area contributed by atoms with Crippen LogP contribution in [0.1, 0.15) is 50.5 Å². The molecule has 0 aliphatic carbocycles. The molecule has 0 saturated heterocycles. The minimum Gasteiger partial charge on any atom is -0.494 e. The molecular formula is C16H24BrClO. The van der Waals surface area contributed by atoms with E-state index >= 15 is 0 Å². The summed E-state index contributed by atoms with van der Waals surface area (Å²) in [6.07, 6.45) is 8.82. The molecule has 1 rings (SSSR count). The molecule has 0 aliphatic heterocycles. The molecule has 0 saturated carbocycles. The summed E-state index contributed by atoms with van der Waals surface area (Å²) in [7, 11) is 0. The first kappa shape index (κ1) is 16.8. The largest absolute Gasteiger partial charge is 0.494 e. The fourth-order valence-corrected chi connectivity index (χ4v) is 2.51. The van der Waals surface area contributed by atoms with Crippen LogP contribution in [0.5, 0.6) is 5.75 Å². The van der Waals surface area contributed by atoms with Crippen LogP contribution in [0.25, 0.3) is 0 Å². The number of ether oxygens (including phenoxy) is 1. The van der Waals surface area contributed by atoms with Crippen LogP contribution in [0, 0.1) is 0 Å². The first-order valence-corrected chi connectivity index (χ1v) is 8.86. The quantitative estimate of drug-likeness (QED) is 0.356. The standard InChI is InChI=1S/C16H24BrClO/c17-14-15-8-10-16(11-9-15)19-13-7-5-3-1-2-4-6-12-18/h8-11H,1-7,12-14H2. The highest BCUT2D eigenvalue weighted by Gasteiger charge is 1.95. The van der Waals surface area contributed by atoms with Gasteiger partial charge in [0.15, 0.2) is 0 Å². The molecule has 0 aromatic heterocycles. The van der Waals surface area contributed by atoms with Gasteiger partial charge in [-0.1, -0.05) is 60.2 Å². The van der Waals surface area contributed by atoms with Crippen LogP contribution < -0.4 is 4.74 Å². The average molecular weight is 348 g/mol. The van der Waals surface area contributed by atoms with Crippen molar-refractivity contribution in [3.63, 3.8) is 0 Å². The second-order valence-corrected chi connectivity index (χ2v) is 5.73. The van der Waals surface area contributed by atoms with Crippen molar-refractivity contribution in [2.45, 2.75) is 50.3 Å². The highest BCUT2D eigenvalue weighted by Crippen LogP contribution is 2.15. The number of rotatable bonds is 11. The summed E-state index contributed by atoms with van der Waals surface area (Å²) in [5, 5.41) is 0.900. The second kappa shape index (κ2) is 11.6. The number of halogens is 2. The molecule has 0 fully saturated rings. The minimum absolute atomic E-state index is 0.807. The third-order valence-corrected chi connectivity index (χ3v) is 4.04. The topological polar surface area (TPSA) is 9.23 Å². The lowest BCUT2D eigenvalue weighted by molar-refractivity contribution is 0.304. The van der Waals surface area contributed by atoms with Gasteiger partial charge in [-0.25, -0.2) is 0 Å². The van der Waals surface area contributed by atoms with Crippen molar-refractivity contribution in [1.82, 2.24) is 0 Å². The Labute approximate surface area is 130 Å². The zero-order valence-corrected chi connectivity index (χ0v) is 13.9. The summed E-state index contributed by atoms with van der Waals surface area (Å²) >= 11 is 9.08. The van der Waals surface area contributed by atoms with Gasteiger partial charge in [-0.2, -0.15) is 0 Å². The molecule has 0 spiro atoms. The molecule has 0 aliphatic rings. The molecule has 0 atom stereocenters. The molecule has 19 heavy (non-hydrogen) atoms. The van der Waals surface area contributed by atoms with E-state index in [0.29, 0.717) is 0 Å². The maximum absolute atomic E-state index is 5.72. The number of unbranched alkanes of at least 4 members (excludes halogenated alkanes) is 6. The fourth-order valence-electron chi connectivity index (χ4n) is 1.95. The molecule has 108 valence electrons. The summed E-state index contributed by atoms with van der Waals surface area (Å²) in [6, 6.07) is 8.29. The molecule has 0 amide bonds. The van der Waals surface area contributed by atoms with E-state index in [0.717, 1.165) is 36.4 Å². The normalized spacial score (nSPS) is 10.6. The van der Waals surface area contributed by atoms with Gasteiger partial charge in [0.1, 0.15) is 5.75 Å². The van der Waals surface area contributed by atoms with Crippen LogP contribution in [-0.2, 0) is 5.33 Å². The smallest absolute Gasteiger partial charge is 0.119 e. The number of hydrogen-bond donors (Lipinski definition) is 0. The van der Waals surface area contributed by atoms with E-state index in [9.17, 15) is 0 Å². The SMILES string of the molecule is ClCCCCCCCCCOc1ccc(CBr)cc1. The first-order chi connectivity index (χ1) is 9.36. The van der Waals surface area contributed by atoms with Crippen molar-refractivity contribution < 1.29 is 4.74 Å².